The van der Waals surface area contributed by atoms with Crippen molar-refractivity contribution in [1.29, 1.82) is 0 Å². The van der Waals surface area contributed by atoms with Gasteiger partial charge in [-0.05, 0) is 31.4 Å². The molecule has 0 aromatic carbocycles. The molecule has 0 amide bonds. The van der Waals surface area contributed by atoms with Gasteiger partial charge >= 0.3 is 5.97 Å². The Labute approximate surface area is 157 Å². The first-order valence-corrected chi connectivity index (χ1v) is 10.6. The quantitative estimate of drug-likeness (QED) is 0.509. The lowest BCUT2D eigenvalue weighted by Gasteiger charge is -2.28. The summed E-state index contributed by atoms with van der Waals surface area (Å²) < 4.78 is 34.9. The third-order valence-corrected chi connectivity index (χ3v) is 5.73. The largest absolute Gasteiger partial charge is 0.465 e. The lowest BCUT2D eigenvalue weighted by Crippen LogP contribution is -2.40. The van der Waals surface area contributed by atoms with Crippen LogP contribution in [0.4, 0.5) is 0 Å². The van der Waals surface area contributed by atoms with Gasteiger partial charge in [-0.1, -0.05) is 5.16 Å². The molecule has 146 valence electrons. The Balaban J connectivity index is 1.38. The number of esters is 1. The van der Waals surface area contributed by atoms with Crippen LogP contribution in [0.1, 0.15) is 25.2 Å². The van der Waals surface area contributed by atoms with Crippen LogP contribution in [0.25, 0.3) is 11.4 Å². The summed E-state index contributed by atoms with van der Waals surface area (Å²) in [6.45, 7) is 0.977. The first-order chi connectivity index (χ1) is 12.9. The van der Waals surface area contributed by atoms with Crippen molar-refractivity contribution < 1.29 is 22.5 Å². The number of ether oxygens (including phenoxy) is 1. The minimum atomic E-state index is -3.19. The van der Waals surface area contributed by atoms with E-state index in [9.17, 15) is 13.2 Å². The summed E-state index contributed by atoms with van der Waals surface area (Å²) in [6.07, 6.45) is 6.57. The molecule has 9 nitrogen and oxygen atoms in total. The first kappa shape index (κ1) is 19.4. The number of sulfonamides is 1. The first-order valence-electron chi connectivity index (χ1n) is 8.78. The van der Waals surface area contributed by atoms with Crippen molar-refractivity contribution in [1.82, 2.24) is 19.4 Å². The second-order valence-corrected chi connectivity index (χ2v) is 8.44. The number of aromatic nitrogens is 3. The van der Waals surface area contributed by atoms with E-state index < -0.39 is 10.0 Å². The third kappa shape index (κ3) is 5.33. The fourth-order valence-corrected chi connectivity index (χ4v) is 3.78. The summed E-state index contributed by atoms with van der Waals surface area (Å²) in [7, 11) is -3.19. The average molecular weight is 394 g/mol. The zero-order chi connectivity index (χ0) is 19.3. The van der Waals surface area contributed by atoms with Crippen LogP contribution in [0, 0.1) is 5.92 Å². The van der Waals surface area contributed by atoms with Crippen molar-refractivity contribution >= 4 is 16.0 Å². The highest BCUT2D eigenvalue weighted by molar-refractivity contribution is 7.88. The summed E-state index contributed by atoms with van der Waals surface area (Å²) >= 11 is 0. The molecule has 27 heavy (non-hydrogen) atoms. The number of piperidine rings is 1. The summed E-state index contributed by atoms with van der Waals surface area (Å²) in [6, 6.07) is 3.64. The predicted octanol–water partition coefficient (Wildman–Crippen LogP) is 1.28. The minimum Gasteiger partial charge on any atom is -0.465 e. The van der Waals surface area contributed by atoms with Crippen molar-refractivity contribution in [3.63, 3.8) is 0 Å². The maximum absolute atomic E-state index is 12.1. The third-order valence-electron chi connectivity index (χ3n) is 4.42. The van der Waals surface area contributed by atoms with Gasteiger partial charge in [0.2, 0.25) is 21.7 Å². The van der Waals surface area contributed by atoms with E-state index in [1.807, 2.05) is 6.07 Å². The molecule has 2 aromatic heterocycles. The lowest BCUT2D eigenvalue weighted by molar-refractivity contribution is -0.149. The van der Waals surface area contributed by atoms with E-state index in [1.54, 1.807) is 18.5 Å². The van der Waals surface area contributed by atoms with Gasteiger partial charge in [0.25, 0.3) is 0 Å². The molecule has 3 heterocycles. The summed E-state index contributed by atoms with van der Waals surface area (Å²) in [5.41, 5.74) is 0.777. The molecule has 0 spiro atoms. The van der Waals surface area contributed by atoms with Gasteiger partial charge in [-0.25, -0.2) is 12.7 Å². The Hall–Kier alpha value is -2.33. The highest BCUT2D eigenvalue weighted by atomic mass is 32.2. The lowest BCUT2D eigenvalue weighted by atomic mass is 9.98. The Morgan fingerprint density at radius 3 is 2.81 bits per heavy atom. The molecule has 1 fully saturated rings. The second kappa shape index (κ2) is 8.57. The molecule has 0 radical (unpaired) electrons. The molecule has 0 atom stereocenters. The number of nitrogens with zero attached hydrogens (tertiary/aromatic N) is 4. The van der Waals surface area contributed by atoms with Gasteiger partial charge in [0.1, 0.15) is 0 Å². The van der Waals surface area contributed by atoms with Crippen LogP contribution < -0.4 is 0 Å². The van der Waals surface area contributed by atoms with Crippen LogP contribution in [-0.2, 0) is 26.0 Å². The Morgan fingerprint density at radius 2 is 2.15 bits per heavy atom. The standard InChI is InChI=1S/C17H22N4O5S/c1-27(23,24)21-9-6-13(7-10-21)17(22)25-11-3-5-15-19-16(20-26-15)14-4-2-8-18-12-14/h2,4,8,12-13H,3,5-7,9-11H2,1H3. The van der Waals surface area contributed by atoms with Gasteiger partial charge in [-0.2, -0.15) is 4.98 Å². The van der Waals surface area contributed by atoms with Crippen LogP contribution in [-0.4, -0.2) is 59.8 Å². The van der Waals surface area contributed by atoms with E-state index in [0.29, 0.717) is 50.5 Å². The monoisotopic (exact) mass is 394 g/mol. The van der Waals surface area contributed by atoms with Crippen molar-refractivity contribution in [3.8, 4) is 11.4 Å². The molecule has 2 aromatic rings. The van der Waals surface area contributed by atoms with Gasteiger partial charge in [0, 0.05) is 37.5 Å². The van der Waals surface area contributed by atoms with Crippen LogP contribution in [0.3, 0.4) is 0 Å². The van der Waals surface area contributed by atoms with Crippen LogP contribution in [0.5, 0.6) is 0 Å². The van der Waals surface area contributed by atoms with Crippen LogP contribution >= 0.6 is 0 Å². The van der Waals surface area contributed by atoms with Gasteiger partial charge < -0.3 is 9.26 Å². The molecule has 1 saturated heterocycles. The van der Waals surface area contributed by atoms with Gasteiger partial charge in [-0.3, -0.25) is 9.78 Å². The second-order valence-electron chi connectivity index (χ2n) is 6.46. The van der Waals surface area contributed by atoms with E-state index in [2.05, 4.69) is 15.1 Å². The summed E-state index contributed by atoms with van der Waals surface area (Å²) in [5.74, 6) is 0.437. The van der Waals surface area contributed by atoms with Crippen molar-refractivity contribution in [3.05, 3.63) is 30.4 Å². The SMILES string of the molecule is CS(=O)(=O)N1CCC(C(=O)OCCCc2nc(-c3cccnc3)no2)CC1. The van der Waals surface area contributed by atoms with Crippen molar-refractivity contribution in [2.45, 2.75) is 25.7 Å². The molecule has 10 heteroatoms. The Kier molecular flexibility index (Phi) is 6.17. The molecule has 1 aliphatic rings. The highest BCUT2D eigenvalue weighted by Gasteiger charge is 2.29. The predicted molar refractivity (Wildman–Crippen MR) is 95.9 cm³/mol. The number of hydrogen-bond donors (Lipinski definition) is 0. The molecular formula is C17H22N4O5S. The smallest absolute Gasteiger partial charge is 0.309 e. The normalized spacial score (nSPS) is 16.3. The number of aryl methyl sites for hydroxylation is 1. The topological polar surface area (TPSA) is 115 Å². The van der Waals surface area contributed by atoms with Crippen molar-refractivity contribution in [2.75, 3.05) is 26.0 Å². The van der Waals surface area contributed by atoms with E-state index in [-0.39, 0.29) is 18.5 Å². The number of pyridine rings is 1. The number of carbonyl (C=O) groups is 1. The fourth-order valence-electron chi connectivity index (χ4n) is 2.91. The Morgan fingerprint density at radius 1 is 1.37 bits per heavy atom. The molecule has 0 unspecified atom stereocenters. The minimum absolute atomic E-state index is 0.247. The maximum atomic E-state index is 12.1. The maximum Gasteiger partial charge on any atom is 0.309 e. The summed E-state index contributed by atoms with van der Waals surface area (Å²) in [4.78, 5) is 20.4. The van der Waals surface area contributed by atoms with E-state index >= 15 is 0 Å². The molecule has 3 rings (SSSR count). The molecule has 0 aliphatic carbocycles. The van der Waals surface area contributed by atoms with Crippen molar-refractivity contribution in [2.24, 2.45) is 5.92 Å². The highest BCUT2D eigenvalue weighted by Crippen LogP contribution is 2.20. The summed E-state index contributed by atoms with van der Waals surface area (Å²) in [5, 5.41) is 3.91. The molecule has 0 N–H and O–H groups in total. The number of hydrogen-bond acceptors (Lipinski definition) is 8. The van der Waals surface area contributed by atoms with Crippen LogP contribution in [0.2, 0.25) is 0 Å². The zero-order valence-electron chi connectivity index (χ0n) is 15.1. The van der Waals surface area contributed by atoms with Crippen LogP contribution in [0.15, 0.2) is 29.0 Å². The molecular weight excluding hydrogens is 372 g/mol. The van der Waals surface area contributed by atoms with E-state index in [0.717, 1.165) is 5.56 Å². The number of carbonyl (C=O) groups excluding carboxylic acids is 1. The van der Waals surface area contributed by atoms with E-state index in [1.165, 1.54) is 10.6 Å². The molecule has 0 saturated carbocycles. The Bertz CT molecular complexity index is 860. The van der Waals surface area contributed by atoms with Gasteiger partial charge in [0.05, 0.1) is 18.8 Å². The molecule has 0 bridgehead atoms. The molecule has 1 aliphatic heterocycles. The van der Waals surface area contributed by atoms with E-state index in [4.69, 9.17) is 9.26 Å². The average Bonchev–Trinajstić information content (AvgIpc) is 3.14. The fraction of sp³-hybridized carbons (Fsp3) is 0.529. The van der Waals surface area contributed by atoms with Gasteiger partial charge in [-0.15, -0.1) is 0 Å². The van der Waals surface area contributed by atoms with Gasteiger partial charge in [0.15, 0.2) is 0 Å². The number of rotatable bonds is 7. The zero-order valence-corrected chi connectivity index (χ0v) is 15.9.